The maximum atomic E-state index is 10.7. The summed E-state index contributed by atoms with van der Waals surface area (Å²) in [7, 11) is 0. The lowest BCUT2D eigenvalue weighted by Gasteiger charge is -2.21. The van der Waals surface area contributed by atoms with Gasteiger partial charge in [0.2, 0.25) is 0 Å². The van der Waals surface area contributed by atoms with Crippen LogP contribution in [0.15, 0.2) is 48.5 Å². The number of rotatable bonds is 10. The van der Waals surface area contributed by atoms with Gasteiger partial charge >= 0.3 is 0 Å². The molecule has 2 rings (SSSR count). The van der Waals surface area contributed by atoms with E-state index in [0.29, 0.717) is 0 Å². The number of benzene rings is 2. The minimum absolute atomic E-state index is 0.162. The largest absolute Gasteiger partial charge is 0.303 e. The van der Waals surface area contributed by atoms with Crippen LogP contribution in [0.25, 0.3) is 0 Å². The molecule has 0 bridgehead atoms. The van der Waals surface area contributed by atoms with Gasteiger partial charge < -0.3 is 4.90 Å². The van der Waals surface area contributed by atoms with Gasteiger partial charge in [-0.25, -0.2) is 0 Å². The summed E-state index contributed by atoms with van der Waals surface area (Å²) in [4.78, 5) is 12.9. The van der Waals surface area contributed by atoms with E-state index in [1.165, 1.54) is 16.7 Å². The molecule has 0 fully saturated rings. The van der Waals surface area contributed by atoms with Crippen molar-refractivity contribution in [3.05, 3.63) is 75.3 Å². The van der Waals surface area contributed by atoms with Gasteiger partial charge in [0.05, 0.1) is 4.92 Å². The first-order valence-electron chi connectivity index (χ1n) is 9.09. The number of nitro benzene ring substituents is 1. The Balaban J connectivity index is 1.78. The predicted molar refractivity (Wildman–Crippen MR) is 103 cm³/mol. The summed E-state index contributed by atoms with van der Waals surface area (Å²) in [6, 6.07) is 15.7. The Morgan fingerprint density at radius 3 is 2.08 bits per heavy atom. The molecule has 0 saturated heterocycles. The van der Waals surface area contributed by atoms with E-state index in [2.05, 4.69) is 43.0 Å². The first-order valence-corrected chi connectivity index (χ1v) is 9.09. The van der Waals surface area contributed by atoms with Crippen LogP contribution in [0.1, 0.15) is 36.5 Å². The second kappa shape index (κ2) is 9.94. The summed E-state index contributed by atoms with van der Waals surface area (Å²) in [6.45, 7) is 7.60. The Kier molecular flexibility index (Phi) is 7.61. The third-order valence-electron chi connectivity index (χ3n) is 4.46. The minimum atomic E-state index is -0.349. The van der Waals surface area contributed by atoms with Gasteiger partial charge in [0, 0.05) is 18.7 Å². The van der Waals surface area contributed by atoms with Crippen LogP contribution in [-0.2, 0) is 12.8 Å². The Labute approximate surface area is 150 Å². The van der Waals surface area contributed by atoms with Crippen LogP contribution >= 0.6 is 0 Å². The maximum absolute atomic E-state index is 10.7. The second-order valence-corrected chi connectivity index (χ2v) is 6.60. The van der Waals surface area contributed by atoms with Gasteiger partial charge in [0.25, 0.3) is 5.69 Å². The number of nitro groups is 1. The molecule has 0 amide bonds. The van der Waals surface area contributed by atoms with E-state index in [1.54, 1.807) is 12.1 Å². The van der Waals surface area contributed by atoms with Gasteiger partial charge in [-0.2, -0.15) is 0 Å². The fraction of sp³-hybridized carbons (Fsp3) is 0.429. The SMILES string of the molecule is CCCN(CCCc1ccc([N+](=O)[O-])cc1)CCc1ccc(C)cc1. The molecule has 0 saturated carbocycles. The van der Waals surface area contributed by atoms with Crippen molar-refractivity contribution in [2.75, 3.05) is 19.6 Å². The van der Waals surface area contributed by atoms with Gasteiger partial charge in [-0.3, -0.25) is 10.1 Å². The van der Waals surface area contributed by atoms with E-state index in [4.69, 9.17) is 0 Å². The highest BCUT2D eigenvalue weighted by Gasteiger charge is 2.06. The van der Waals surface area contributed by atoms with E-state index < -0.39 is 0 Å². The molecule has 25 heavy (non-hydrogen) atoms. The van der Waals surface area contributed by atoms with Crippen LogP contribution in [0, 0.1) is 17.0 Å². The molecule has 0 aliphatic heterocycles. The molecular formula is C21H28N2O2. The van der Waals surface area contributed by atoms with Crippen molar-refractivity contribution in [1.29, 1.82) is 0 Å². The topological polar surface area (TPSA) is 46.4 Å². The zero-order valence-corrected chi connectivity index (χ0v) is 15.3. The summed E-state index contributed by atoms with van der Waals surface area (Å²) < 4.78 is 0. The molecule has 134 valence electrons. The number of hydrogen-bond donors (Lipinski definition) is 0. The van der Waals surface area contributed by atoms with Crippen molar-refractivity contribution in [1.82, 2.24) is 4.90 Å². The molecule has 0 N–H and O–H groups in total. The van der Waals surface area contributed by atoms with Gasteiger partial charge in [-0.1, -0.05) is 48.9 Å². The zero-order valence-electron chi connectivity index (χ0n) is 15.3. The van der Waals surface area contributed by atoms with Crippen molar-refractivity contribution < 1.29 is 4.92 Å². The van der Waals surface area contributed by atoms with Crippen molar-refractivity contribution in [3.8, 4) is 0 Å². The molecule has 0 spiro atoms. The molecule has 0 radical (unpaired) electrons. The maximum Gasteiger partial charge on any atom is 0.269 e. The third-order valence-corrected chi connectivity index (χ3v) is 4.46. The standard InChI is InChI=1S/C21H28N2O2/c1-3-15-22(17-14-20-8-6-18(2)7-9-20)16-4-5-19-10-12-21(13-11-19)23(24)25/h6-13H,3-5,14-17H2,1-2H3. The average molecular weight is 340 g/mol. The molecule has 0 heterocycles. The first kappa shape index (κ1) is 19.1. The van der Waals surface area contributed by atoms with Crippen molar-refractivity contribution in [2.45, 2.75) is 39.5 Å². The Morgan fingerprint density at radius 2 is 1.48 bits per heavy atom. The summed E-state index contributed by atoms with van der Waals surface area (Å²) in [5.41, 5.74) is 4.02. The minimum Gasteiger partial charge on any atom is -0.303 e. The molecule has 2 aromatic rings. The number of aryl methyl sites for hydroxylation is 2. The van der Waals surface area contributed by atoms with Crippen LogP contribution in [0.3, 0.4) is 0 Å². The summed E-state index contributed by atoms with van der Waals surface area (Å²) >= 11 is 0. The Morgan fingerprint density at radius 1 is 0.880 bits per heavy atom. The van der Waals surface area contributed by atoms with Crippen LogP contribution in [-0.4, -0.2) is 29.5 Å². The van der Waals surface area contributed by atoms with Gasteiger partial charge in [0.1, 0.15) is 0 Å². The number of nitrogens with zero attached hydrogens (tertiary/aromatic N) is 2. The molecule has 0 aliphatic carbocycles. The highest BCUT2D eigenvalue weighted by molar-refractivity contribution is 5.32. The molecular weight excluding hydrogens is 312 g/mol. The highest BCUT2D eigenvalue weighted by Crippen LogP contribution is 2.13. The third kappa shape index (κ3) is 6.67. The molecule has 4 heteroatoms. The molecule has 0 unspecified atom stereocenters. The number of hydrogen-bond acceptors (Lipinski definition) is 3. The van der Waals surface area contributed by atoms with E-state index in [0.717, 1.165) is 45.3 Å². The molecule has 0 aliphatic rings. The summed E-state index contributed by atoms with van der Waals surface area (Å²) in [5.74, 6) is 0. The molecule has 0 aromatic heterocycles. The second-order valence-electron chi connectivity index (χ2n) is 6.60. The Hall–Kier alpha value is -2.20. The van der Waals surface area contributed by atoms with Crippen molar-refractivity contribution in [2.24, 2.45) is 0 Å². The molecule has 0 atom stereocenters. The summed E-state index contributed by atoms with van der Waals surface area (Å²) in [6.07, 6.45) is 4.28. The van der Waals surface area contributed by atoms with Crippen LogP contribution in [0.5, 0.6) is 0 Å². The zero-order chi connectivity index (χ0) is 18.1. The van der Waals surface area contributed by atoms with E-state index in [-0.39, 0.29) is 10.6 Å². The van der Waals surface area contributed by atoms with Crippen LogP contribution in [0.2, 0.25) is 0 Å². The smallest absolute Gasteiger partial charge is 0.269 e. The fourth-order valence-electron chi connectivity index (χ4n) is 2.98. The van der Waals surface area contributed by atoms with E-state index >= 15 is 0 Å². The fourth-order valence-corrected chi connectivity index (χ4v) is 2.98. The normalized spacial score (nSPS) is 11.0. The predicted octanol–water partition coefficient (Wildman–Crippen LogP) is 4.79. The highest BCUT2D eigenvalue weighted by atomic mass is 16.6. The van der Waals surface area contributed by atoms with E-state index in [9.17, 15) is 10.1 Å². The Bertz CT molecular complexity index is 651. The molecule has 2 aromatic carbocycles. The van der Waals surface area contributed by atoms with Gasteiger partial charge in [-0.05, 0) is 56.8 Å². The van der Waals surface area contributed by atoms with E-state index in [1.807, 2.05) is 12.1 Å². The van der Waals surface area contributed by atoms with Crippen molar-refractivity contribution >= 4 is 5.69 Å². The lowest BCUT2D eigenvalue weighted by atomic mass is 10.1. The lowest BCUT2D eigenvalue weighted by molar-refractivity contribution is -0.384. The monoisotopic (exact) mass is 340 g/mol. The quantitative estimate of drug-likeness (QED) is 0.461. The number of non-ortho nitro benzene ring substituents is 1. The summed E-state index contributed by atoms with van der Waals surface area (Å²) in [5, 5.41) is 10.7. The molecule has 4 nitrogen and oxygen atoms in total. The van der Waals surface area contributed by atoms with Crippen LogP contribution in [0.4, 0.5) is 5.69 Å². The first-order chi connectivity index (χ1) is 12.1. The van der Waals surface area contributed by atoms with Gasteiger partial charge in [0.15, 0.2) is 0 Å². The average Bonchev–Trinajstić information content (AvgIpc) is 2.61. The van der Waals surface area contributed by atoms with Crippen LogP contribution < -0.4 is 0 Å². The lowest BCUT2D eigenvalue weighted by Crippen LogP contribution is -2.28. The van der Waals surface area contributed by atoms with Crippen molar-refractivity contribution in [3.63, 3.8) is 0 Å². The van der Waals surface area contributed by atoms with Gasteiger partial charge in [-0.15, -0.1) is 0 Å².